The summed E-state index contributed by atoms with van der Waals surface area (Å²) in [5.41, 5.74) is 3.68. The number of amides is 1. The van der Waals surface area contributed by atoms with Gasteiger partial charge in [-0.3, -0.25) is 9.48 Å². The third-order valence-electron chi connectivity index (χ3n) is 8.42. The molecular weight excluding hydrogens is 562 g/mol. The Morgan fingerprint density at radius 3 is 2.45 bits per heavy atom. The van der Waals surface area contributed by atoms with Crippen molar-refractivity contribution in [3.05, 3.63) is 70.5 Å². The van der Waals surface area contributed by atoms with Crippen LogP contribution in [0.1, 0.15) is 86.0 Å². The SMILES string of the molecule is CCOC(=O)c1cnn(C2CCCN(c3cc(Cl)ccc3-c3ccc(C4CCN(C(=O)CC)CC4)cc3)C2)c1C(F)F. The first-order valence-corrected chi connectivity index (χ1v) is 15.1. The zero-order valence-corrected chi connectivity index (χ0v) is 24.8. The summed E-state index contributed by atoms with van der Waals surface area (Å²) in [6.45, 7) is 6.42. The highest BCUT2D eigenvalue weighted by Crippen LogP contribution is 2.38. The minimum atomic E-state index is -2.86. The number of hydrogen-bond acceptors (Lipinski definition) is 5. The molecule has 2 fully saturated rings. The zero-order valence-electron chi connectivity index (χ0n) is 24.1. The van der Waals surface area contributed by atoms with Crippen molar-refractivity contribution in [1.29, 1.82) is 0 Å². The number of alkyl halides is 2. The number of anilines is 1. The van der Waals surface area contributed by atoms with Crippen LogP contribution in [-0.4, -0.2) is 59.3 Å². The standard InChI is InChI=1S/C32H37ClF2N4O3/c1-3-29(40)37-16-13-22(14-17-37)21-7-9-23(10-8-21)26-12-11-24(33)18-28(26)38-15-5-6-25(20-38)39-30(31(34)35)27(19-36-39)32(41)42-4-2/h7-12,18-19,22,25,31H,3-6,13-17,20H2,1-2H3. The number of esters is 1. The molecule has 0 N–H and O–H groups in total. The number of piperidine rings is 2. The number of likely N-dealkylation sites (tertiary alicyclic amines) is 1. The molecule has 1 amide bonds. The van der Waals surface area contributed by atoms with Crippen LogP contribution in [0.5, 0.6) is 0 Å². The first-order chi connectivity index (χ1) is 20.3. The number of halogens is 3. The molecule has 5 rings (SSSR count). The second-order valence-corrected chi connectivity index (χ2v) is 11.4. The summed E-state index contributed by atoms with van der Waals surface area (Å²) in [5, 5.41) is 4.82. The molecule has 7 nitrogen and oxygen atoms in total. The maximum atomic E-state index is 14.2. The number of benzene rings is 2. The molecule has 224 valence electrons. The minimum Gasteiger partial charge on any atom is -0.462 e. The van der Waals surface area contributed by atoms with E-state index in [2.05, 4.69) is 34.3 Å². The lowest BCUT2D eigenvalue weighted by Gasteiger charge is -2.36. The van der Waals surface area contributed by atoms with Crippen LogP contribution in [0.2, 0.25) is 5.02 Å². The quantitative estimate of drug-likeness (QED) is 0.255. The van der Waals surface area contributed by atoms with Crippen LogP contribution in [0.4, 0.5) is 14.5 Å². The third-order valence-corrected chi connectivity index (χ3v) is 8.66. The van der Waals surface area contributed by atoms with Crippen LogP contribution in [-0.2, 0) is 9.53 Å². The molecule has 0 spiro atoms. The van der Waals surface area contributed by atoms with Gasteiger partial charge in [-0.25, -0.2) is 13.6 Å². The van der Waals surface area contributed by atoms with Gasteiger partial charge in [0.15, 0.2) is 0 Å². The molecule has 2 saturated heterocycles. The first kappa shape index (κ1) is 30.0. The van der Waals surface area contributed by atoms with E-state index >= 15 is 0 Å². The first-order valence-electron chi connectivity index (χ1n) is 14.8. The van der Waals surface area contributed by atoms with Crippen LogP contribution in [0.25, 0.3) is 11.1 Å². The molecule has 1 atom stereocenters. The topological polar surface area (TPSA) is 67.7 Å². The maximum absolute atomic E-state index is 14.2. The maximum Gasteiger partial charge on any atom is 0.341 e. The minimum absolute atomic E-state index is 0.0989. The van der Waals surface area contributed by atoms with E-state index in [4.69, 9.17) is 16.3 Å². The Morgan fingerprint density at radius 1 is 1.05 bits per heavy atom. The van der Waals surface area contributed by atoms with Crippen molar-refractivity contribution in [2.45, 2.75) is 64.3 Å². The third kappa shape index (κ3) is 6.31. The van der Waals surface area contributed by atoms with Gasteiger partial charge in [0.25, 0.3) is 6.43 Å². The van der Waals surface area contributed by atoms with Gasteiger partial charge in [-0.1, -0.05) is 48.9 Å². The molecule has 0 saturated carbocycles. The van der Waals surface area contributed by atoms with Gasteiger partial charge in [0.1, 0.15) is 11.3 Å². The van der Waals surface area contributed by atoms with Gasteiger partial charge in [-0.2, -0.15) is 5.10 Å². The van der Waals surface area contributed by atoms with E-state index in [1.54, 1.807) is 6.92 Å². The molecule has 10 heteroatoms. The summed E-state index contributed by atoms with van der Waals surface area (Å²) < 4.78 is 34.6. The molecule has 2 aromatic carbocycles. The second kappa shape index (κ2) is 13.2. The van der Waals surface area contributed by atoms with E-state index in [1.807, 2.05) is 30.0 Å². The van der Waals surface area contributed by atoms with Gasteiger partial charge in [-0.05, 0) is 61.8 Å². The van der Waals surface area contributed by atoms with Crippen molar-refractivity contribution in [2.75, 3.05) is 37.7 Å². The fourth-order valence-corrected chi connectivity index (χ4v) is 6.42. The number of aromatic nitrogens is 2. The molecule has 3 heterocycles. The summed E-state index contributed by atoms with van der Waals surface area (Å²) in [6.07, 6.45) is 2.22. The average Bonchev–Trinajstić information content (AvgIpc) is 3.47. The van der Waals surface area contributed by atoms with Crippen LogP contribution in [0, 0.1) is 0 Å². The molecule has 1 aromatic heterocycles. The highest BCUT2D eigenvalue weighted by Gasteiger charge is 2.32. The van der Waals surface area contributed by atoms with E-state index in [9.17, 15) is 18.4 Å². The average molecular weight is 599 g/mol. The van der Waals surface area contributed by atoms with E-state index in [1.165, 1.54) is 16.4 Å². The van der Waals surface area contributed by atoms with Crippen molar-refractivity contribution in [1.82, 2.24) is 14.7 Å². The van der Waals surface area contributed by atoms with Crippen LogP contribution in [0.3, 0.4) is 0 Å². The van der Waals surface area contributed by atoms with Gasteiger partial charge in [0.05, 0.1) is 18.8 Å². The lowest BCUT2D eigenvalue weighted by atomic mass is 9.88. The van der Waals surface area contributed by atoms with Gasteiger partial charge >= 0.3 is 5.97 Å². The van der Waals surface area contributed by atoms with Gasteiger partial charge < -0.3 is 14.5 Å². The molecule has 42 heavy (non-hydrogen) atoms. The Bertz CT molecular complexity index is 1400. The molecule has 1 unspecified atom stereocenters. The number of hydrogen-bond donors (Lipinski definition) is 0. The Kier molecular flexibility index (Phi) is 9.46. The Balaban J connectivity index is 1.37. The number of carbonyl (C=O) groups is 2. The Labute approximate surface area is 250 Å². The van der Waals surface area contributed by atoms with Crippen molar-refractivity contribution >= 4 is 29.2 Å². The number of ether oxygens (including phenoxy) is 1. The molecule has 2 aliphatic rings. The predicted octanol–water partition coefficient (Wildman–Crippen LogP) is 7.28. The smallest absolute Gasteiger partial charge is 0.341 e. The van der Waals surface area contributed by atoms with Crippen molar-refractivity contribution in [3.63, 3.8) is 0 Å². The second-order valence-electron chi connectivity index (χ2n) is 10.9. The summed E-state index contributed by atoms with van der Waals surface area (Å²) in [5.74, 6) is -0.145. The fourth-order valence-electron chi connectivity index (χ4n) is 6.25. The van der Waals surface area contributed by atoms with Crippen LogP contribution in [0.15, 0.2) is 48.7 Å². The molecule has 3 aromatic rings. The van der Waals surface area contributed by atoms with Crippen molar-refractivity contribution < 1.29 is 23.1 Å². The van der Waals surface area contributed by atoms with Crippen molar-refractivity contribution in [2.24, 2.45) is 0 Å². The fraction of sp³-hybridized carbons (Fsp3) is 0.469. The number of rotatable bonds is 8. The molecule has 0 bridgehead atoms. The number of nitrogens with zero attached hydrogens (tertiary/aromatic N) is 4. The van der Waals surface area contributed by atoms with Crippen molar-refractivity contribution in [3.8, 4) is 11.1 Å². The molecule has 2 aliphatic heterocycles. The lowest BCUT2D eigenvalue weighted by Crippen LogP contribution is -2.38. The van der Waals surface area contributed by atoms with Crippen LogP contribution >= 0.6 is 11.6 Å². The summed E-state index contributed by atoms with van der Waals surface area (Å²) in [6, 6.07) is 14.0. The number of carbonyl (C=O) groups excluding carboxylic acids is 2. The molecule has 0 radical (unpaired) electrons. The van der Waals surface area contributed by atoms with E-state index < -0.39 is 18.1 Å². The Morgan fingerprint density at radius 2 is 1.79 bits per heavy atom. The highest BCUT2D eigenvalue weighted by molar-refractivity contribution is 6.31. The van der Waals surface area contributed by atoms with Crippen LogP contribution < -0.4 is 4.90 Å². The zero-order chi connectivity index (χ0) is 29.8. The van der Waals surface area contributed by atoms with E-state index in [0.717, 1.165) is 55.7 Å². The van der Waals surface area contributed by atoms with Gasteiger partial charge in [-0.15, -0.1) is 0 Å². The summed E-state index contributed by atoms with van der Waals surface area (Å²) in [7, 11) is 0. The van der Waals surface area contributed by atoms with Gasteiger partial charge in [0, 0.05) is 48.9 Å². The summed E-state index contributed by atoms with van der Waals surface area (Å²) >= 11 is 6.46. The highest BCUT2D eigenvalue weighted by atomic mass is 35.5. The van der Waals surface area contributed by atoms with E-state index in [0.29, 0.717) is 30.3 Å². The molecule has 0 aliphatic carbocycles. The Hall–Kier alpha value is -3.46. The monoisotopic (exact) mass is 598 g/mol. The largest absolute Gasteiger partial charge is 0.462 e. The van der Waals surface area contributed by atoms with Gasteiger partial charge in [0.2, 0.25) is 5.91 Å². The predicted molar refractivity (Wildman–Crippen MR) is 159 cm³/mol. The van der Waals surface area contributed by atoms with E-state index in [-0.39, 0.29) is 24.1 Å². The molecular formula is C32H37ClF2N4O3. The normalized spacial score (nSPS) is 18.0. The summed E-state index contributed by atoms with van der Waals surface area (Å²) in [4.78, 5) is 28.5. The lowest BCUT2D eigenvalue weighted by molar-refractivity contribution is -0.131.